The van der Waals surface area contributed by atoms with Crippen molar-refractivity contribution in [1.82, 2.24) is 0 Å². The van der Waals surface area contributed by atoms with Crippen molar-refractivity contribution in [3.63, 3.8) is 0 Å². The Kier molecular flexibility index (Phi) is 4.42. The van der Waals surface area contributed by atoms with Gasteiger partial charge >= 0.3 is 0 Å². The molecule has 0 spiro atoms. The molecule has 3 heterocycles. The lowest BCUT2D eigenvalue weighted by atomic mass is 10.1. The summed E-state index contributed by atoms with van der Waals surface area (Å²) in [5, 5.41) is 0. The Morgan fingerprint density at radius 2 is 1.79 bits per heavy atom. The summed E-state index contributed by atoms with van der Waals surface area (Å²) in [4.78, 5) is 12.3. The molecule has 0 saturated carbocycles. The standard InChI is InChI=1S/C18H24O6/c1-11(6-13(19)15-9-21-17(2,3)23-15)12-7-14(20-8-12)16-10-22-18(4,5)24-16/h6-8,15-16H,9-10H2,1-5H3/b11-6+/t15-,16-/m1/s1. The average Bonchev–Trinajstić information content (AvgIpc) is 3.16. The molecule has 0 bridgehead atoms. The predicted molar refractivity (Wildman–Crippen MR) is 86.1 cm³/mol. The van der Waals surface area contributed by atoms with Crippen LogP contribution in [-0.2, 0) is 23.7 Å². The second kappa shape index (κ2) is 6.11. The first-order chi connectivity index (χ1) is 11.2. The Morgan fingerprint density at radius 1 is 1.12 bits per heavy atom. The van der Waals surface area contributed by atoms with Gasteiger partial charge in [0.1, 0.15) is 18.0 Å². The molecular formula is C18H24O6. The highest BCUT2D eigenvalue weighted by atomic mass is 16.7. The molecule has 2 aliphatic heterocycles. The molecule has 3 rings (SSSR count). The molecule has 6 nitrogen and oxygen atoms in total. The average molecular weight is 336 g/mol. The van der Waals surface area contributed by atoms with E-state index in [9.17, 15) is 4.79 Å². The maximum absolute atomic E-state index is 12.3. The van der Waals surface area contributed by atoms with Crippen molar-refractivity contribution in [2.75, 3.05) is 13.2 Å². The first kappa shape index (κ1) is 17.4. The monoisotopic (exact) mass is 336 g/mol. The lowest BCUT2D eigenvalue weighted by Gasteiger charge is -2.16. The van der Waals surface area contributed by atoms with Crippen molar-refractivity contribution in [2.24, 2.45) is 0 Å². The number of ether oxygens (including phenoxy) is 4. The number of carbonyl (C=O) groups excluding carboxylic acids is 1. The van der Waals surface area contributed by atoms with Gasteiger partial charge in [-0.15, -0.1) is 0 Å². The Morgan fingerprint density at radius 3 is 2.38 bits per heavy atom. The van der Waals surface area contributed by atoms with E-state index in [0.29, 0.717) is 12.4 Å². The van der Waals surface area contributed by atoms with Crippen LogP contribution in [0.4, 0.5) is 0 Å². The van der Waals surface area contributed by atoms with Gasteiger partial charge in [-0.25, -0.2) is 0 Å². The third-order valence-electron chi connectivity index (χ3n) is 4.09. The molecule has 0 unspecified atom stereocenters. The maximum Gasteiger partial charge on any atom is 0.187 e. The summed E-state index contributed by atoms with van der Waals surface area (Å²) in [6.07, 6.45) is 2.40. The topological polar surface area (TPSA) is 67.1 Å². The van der Waals surface area contributed by atoms with E-state index in [0.717, 1.165) is 11.1 Å². The predicted octanol–water partition coefficient (Wildman–Crippen LogP) is 3.23. The second-order valence-electron chi connectivity index (χ2n) is 7.10. The summed E-state index contributed by atoms with van der Waals surface area (Å²) in [6.45, 7) is 9.91. The van der Waals surface area contributed by atoms with E-state index in [1.54, 1.807) is 26.2 Å². The zero-order valence-corrected chi connectivity index (χ0v) is 14.8. The summed E-state index contributed by atoms with van der Waals surface area (Å²) in [5.41, 5.74) is 1.64. The van der Waals surface area contributed by atoms with Crippen LogP contribution < -0.4 is 0 Å². The van der Waals surface area contributed by atoms with Crippen LogP contribution in [0.3, 0.4) is 0 Å². The summed E-state index contributed by atoms with van der Waals surface area (Å²) in [6, 6.07) is 1.88. The van der Waals surface area contributed by atoms with Crippen molar-refractivity contribution in [3.05, 3.63) is 29.7 Å². The molecular weight excluding hydrogens is 312 g/mol. The molecule has 0 aliphatic carbocycles. The minimum atomic E-state index is -0.711. The summed E-state index contributed by atoms with van der Waals surface area (Å²) >= 11 is 0. The molecule has 1 aromatic heterocycles. The molecule has 6 heteroatoms. The molecule has 0 N–H and O–H groups in total. The fourth-order valence-corrected chi connectivity index (χ4v) is 2.77. The zero-order chi connectivity index (χ0) is 17.5. The molecule has 2 aliphatic rings. The minimum absolute atomic E-state index is 0.109. The number of rotatable bonds is 4. The van der Waals surface area contributed by atoms with Crippen molar-refractivity contribution in [3.8, 4) is 0 Å². The van der Waals surface area contributed by atoms with Gasteiger partial charge in [-0.2, -0.15) is 0 Å². The van der Waals surface area contributed by atoms with E-state index >= 15 is 0 Å². The van der Waals surface area contributed by atoms with Crippen LogP contribution in [0.25, 0.3) is 5.57 Å². The SMILES string of the molecule is C/C(=C\C(=O)[C@H]1COC(C)(C)O1)c1coc([C@H]2COC(C)(C)O2)c1. The number of hydrogen-bond acceptors (Lipinski definition) is 6. The Hall–Kier alpha value is -1.47. The summed E-state index contributed by atoms with van der Waals surface area (Å²) in [5.74, 6) is -0.734. The molecule has 0 aromatic carbocycles. The van der Waals surface area contributed by atoms with Gasteiger partial charge in [-0.1, -0.05) is 0 Å². The molecule has 0 amide bonds. The summed E-state index contributed by atoms with van der Waals surface area (Å²) in [7, 11) is 0. The second-order valence-corrected chi connectivity index (χ2v) is 7.10. The van der Waals surface area contributed by atoms with Gasteiger partial charge in [0.25, 0.3) is 0 Å². The van der Waals surface area contributed by atoms with Crippen molar-refractivity contribution >= 4 is 11.4 Å². The first-order valence-corrected chi connectivity index (χ1v) is 8.10. The third-order valence-corrected chi connectivity index (χ3v) is 4.09. The van der Waals surface area contributed by atoms with E-state index in [1.807, 2.05) is 26.8 Å². The van der Waals surface area contributed by atoms with E-state index in [1.165, 1.54) is 0 Å². The fourth-order valence-electron chi connectivity index (χ4n) is 2.77. The maximum atomic E-state index is 12.3. The van der Waals surface area contributed by atoms with Crippen LogP contribution in [0.1, 0.15) is 52.0 Å². The van der Waals surface area contributed by atoms with Crippen molar-refractivity contribution in [2.45, 2.75) is 58.4 Å². The van der Waals surface area contributed by atoms with E-state index in [4.69, 9.17) is 23.4 Å². The van der Waals surface area contributed by atoms with Crippen LogP contribution in [0, 0.1) is 0 Å². The third kappa shape index (κ3) is 3.78. The molecule has 2 saturated heterocycles. The number of furan rings is 1. The molecule has 0 radical (unpaired) electrons. The number of allylic oxidation sites excluding steroid dienone is 1. The lowest BCUT2D eigenvalue weighted by molar-refractivity contribution is -0.149. The van der Waals surface area contributed by atoms with Crippen LogP contribution >= 0.6 is 0 Å². The molecule has 24 heavy (non-hydrogen) atoms. The van der Waals surface area contributed by atoms with Gasteiger partial charge in [0.2, 0.25) is 0 Å². The van der Waals surface area contributed by atoms with Crippen LogP contribution in [0.2, 0.25) is 0 Å². The highest BCUT2D eigenvalue weighted by Crippen LogP contribution is 2.34. The van der Waals surface area contributed by atoms with Gasteiger partial charge < -0.3 is 23.4 Å². The largest absolute Gasteiger partial charge is 0.466 e. The minimum Gasteiger partial charge on any atom is -0.466 e. The Labute approximate surface area is 141 Å². The van der Waals surface area contributed by atoms with Crippen molar-refractivity contribution in [1.29, 1.82) is 0 Å². The lowest BCUT2D eigenvalue weighted by Crippen LogP contribution is -2.25. The zero-order valence-electron chi connectivity index (χ0n) is 14.8. The molecule has 1 aromatic rings. The quantitative estimate of drug-likeness (QED) is 0.787. The van der Waals surface area contributed by atoms with Gasteiger partial charge in [0, 0.05) is 5.56 Å². The Balaban J connectivity index is 1.67. The van der Waals surface area contributed by atoms with Gasteiger partial charge in [0.15, 0.2) is 17.4 Å². The smallest absolute Gasteiger partial charge is 0.187 e. The molecule has 2 atom stereocenters. The van der Waals surface area contributed by atoms with E-state index < -0.39 is 17.7 Å². The molecule has 132 valence electrons. The Bertz CT molecular complexity index is 654. The van der Waals surface area contributed by atoms with Crippen LogP contribution in [0.5, 0.6) is 0 Å². The first-order valence-electron chi connectivity index (χ1n) is 8.10. The number of ketones is 1. The van der Waals surface area contributed by atoms with Crippen LogP contribution in [-0.4, -0.2) is 36.7 Å². The fraction of sp³-hybridized carbons (Fsp3) is 0.611. The summed E-state index contributed by atoms with van der Waals surface area (Å²) < 4.78 is 27.9. The normalized spacial score (nSPS) is 29.1. The van der Waals surface area contributed by atoms with E-state index in [-0.39, 0.29) is 18.5 Å². The van der Waals surface area contributed by atoms with Gasteiger partial charge in [-0.3, -0.25) is 4.79 Å². The van der Waals surface area contributed by atoms with Gasteiger partial charge in [-0.05, 0) is 52.3 Å². The van der Waals surface area contributed by atoms with Crippen LogP contribution in [0.15, 0.2) is 22.8 Å². The highest BCUT2D eigenvalue weighted by molar-refractivity contribution is 5.99. The van der Waals surface area contributed by atoms with Gasteiger partial charge in [0.05, 0.1) is 19.5 Å². The number of carbonyl (C=O) groups is 1. The number of hydrogen-bond donors (Lipinski definition) is 0. The highest BCUT2D eigenvalue weighted by Gasteiger charge is 2.37. The van der Waals surface area contributed by atoms with Crippen molar-refractivity contribution < 1.29 is 28.2 Å². The van der Waals surface area contributed by atoms with E-state index in [2.05, 4.69) is 0 Å². The molecule has 2 fully saturated rings.